The molecule has 3 aromatic rings. The summed E-state index contributed by atoms with van der Waals surface area (Å²) >= 11 is 0. The number of likely N-dealkylation sites (N-methyl/N-ethyl adjacent to an activating group) is 2. The Kier molecular flexibility index (Phi) is 9.96. The van der Waals surface area contributed by atoms with E-state index in [1.54, 1.807) is 37.4 Å². The summed E-state index contributed by atoms with van der Waals surface area (Å²) in [7, 11) is 2.59. The van der Waals surface area contributed by atoms with Gasteiger partial charge < -0.3 is 29.7 Å². The Hall–Kier alpha value is -3.99. The van der Waals surface area contributed by atoms with Crippen LogP contribution < -0.4 is 20.1 Å². The minimum Gasteiger partial charge on any atom is -0.495 e. The summed E-state index contributed by atoms with van der Waals surface area (Å²) in [6.07, 6.45) is -3.55. The van der Waals surface area contributed by atoms with Crippen LogP contribution in [0.1, 0.15) is 39.5 Å². The molecule has 1 aliphatic heterocycles. The van der Waals surface area contributed by atoms with Gasteiger partial charge in [0.05, 0.1) is 37.2 Å². The van der Waals surface area contributed by atoms with E-state index >= 15 is 0 Å². The molecule has 2 heterocycles. The van der Waals surface area contributed by atoms with Gasteiger partial charge in [-0.15, -0.1) is 0 Å². The van der Waals surface area contributed by atoms with Crippen molar-refractivity contribution in [1.82, 2.24) is 24.5 Å². The van der Waals surface area contributed by atoms with Crippen LogP contribution in [-0.2, 0) is 27.4 Å². The number of aromatic nitrogens is 2. The molecule has 16 heteroatoms. The average molecular weight is 679 g/mol. The van der Waals surface area contributed by atoms with Crippen LogP contribution in [0.15, 0.2) is 48.7 Å². The number of piperidine rings is 1. The second kappa shape index (κ2) is 13.6. The predicted molar refractivity (Wildman–Crippen MR) is 167 cm³/mol. The standard InChI is InChI=1S/C31H37F3N6O6S/c1-39-13-12-23(26(17-39)45-4)36-28(41)19-10-11-22(24(15-19)44-3)37-30-35-16-21(31(32,33)34)29(38-30)46-25-14-18-8-6-7-9-20(18)27(25)40(2)47(5,42)43/h6-11,15-16,23,25-27H,12-14,17H2,1-5H3,(H,36,41)(H,35,37,38)/t23-,25+,26-,27+/m0/s1. The van der Waals surface area contributed by atoms with Crippen LogP contribution in [0.5, 0.6) is 11.6 Å². The van der Waals surface area contributed by atoms with Crippen molar-refractivity contribution in [2.45, 2.75) is 43.3 Å². The Morgan fingerprint density at radius 2 is 1.87 bits per heavy atom. The maximum Gasteiger partial charge on any atom is 0.423 e. The lowest BCUT2D eigenvalue weighted by Crippen LogP contribution is -2.53. The molecule has 5 rings (SSSR count). The van der Waals surface area contributed by atoms with Gasteiger partial charge in [0.2, 0.25) is 21.9 Å². The number of anilines is 2. The van der Waals surface area contributed by atoms with Crippen molar-refractivity contribution in [3.8, 4) is 11.6 Å². The Morgan fingerprint density at radius 1 is 1.13 bits per heavy atom. The number of ether oxygens (including phenoxy) is 3. The van der Waals surface area contributed by atoms with Crippen molar-refractivity contribution in [3.05, 3.63) is 70.9 Å². The Bertz CT molecular complexity index is 1730. The summed E-state index contributed by atoms with van der Waals surface area (Å²) < 4.78 is 85.3. The van der Waals surface area contributed by atoms with Crippen LogP contribution in [0.25, 0.3) is 0 Å². The molecule has 2 aliphatic rings. The summed E-state index contributed by atoms with van der Waals surface area (Å²) in [4.78, 5) is 23.2. The average Bonchev–Trinajstić information content (AvgIpc) is 3.38. The van der Waals surface area contributed by atoms with Crippen molar-refractivity contribution >= 4 is 27.6 Å². The van der Waals surface area contributed by atoms with E-state index in [1.165, 1.54) is 26.3 Å². The van der Waals surface area contributed by atoms with Crippen molar-refractivity contribution in [2.24, 2.45) is 0 Å². The molecule has 12 nitrogen and oxygen atoms in total. The molecule has 254 valence electrons. The normalized spacial score (nSPS) is 21.7. The van der Waals surface area contributed by atoms with Crippen molar-refractivity contribution in [2.75, 3.05) is 53.0 Å². The highest BCUT2D eigenvalue weighted by Crippen LogP contribution is 2.42. The van der Waals surface area contributed by atoms with E-state index in [9.17, 15) is 26.4 Å². The number of methoxy groups -OCH3 is 2. The molecule has 47 heavy (non-hydrogen) atoms. The largest absolute Gasteiger partial charge is 0.495 e. The summed E-state index contributed by atoms with van der Waals surface area (Å²) in [5.41, 5.74) is 0.754. The lowest BCUT2D eigenvalue weighted by molar-refractivity contribution is -0.140. The van der Waals surface area contributed by atoms with Crippen molar-refractivity contribution < 1.29 is 40.6 Å². The molecule has 1 fully saturated rings. The molecule has 0 bridgehead atoms. The van der Waals surface area contributed by atoms with Gasteiger partial charge in [-0.25, -0.2) is 13.4 Å². The number of amides is 1. The topological polar surface area (TPSA) is 135 Å². The maximum absolute atomic E-state index is 14.1. The number of carbonyl (C=O) groups is 1. The molecule has 1 aliphatic carbocycles. The highest BCUT2D eigenvalue weighted by molar-refractivity contribution is 7.88. The number of rotatable bonds is 10. The number of nitrogens with one attached hydrogen (secondary N) is 2. The maximum atomic E-state index is 14.1. The van der Waals surface area contributed by atoms with Crippen LogP contribution in [0.2, 0.25) is 0 Å². The van der Waals surface area contributed by atoms with Gasteiger partial charge in [-0.1, -0.05) is 24.3 Å². The van der Waals surface area contributed by atoms with E-state index in [1.807, 2.05) is 7.05 Å². The smallest absolute Gasteiger partial charge is 0.423 e. The number of halogens is 3. The van der Waals surface area contributed by atoms with Crippen LogP contribution in [0, 0.1) is 0 Å². The molecule has 0 spiro atoms. The van der Waals surface area contributed by atoms with Gasteiger partial charge in [0.15, 0.2) is 0 Å². The molecule has 1 aromatic heterocycles. The number of likely N-dealkylation sites (tertiary alicyclic amines) is 1. The van der Waals surface area contributed by atoms with E-state index in [2.05, 4.69) is 25.5 Å². The Morgan fingerprint density at radius 3 is 2.55 bits per heavy atom. The van der Waals surface area contributed by atoms with Crippen LogP contribution >= 0.6 is 0 Å². The summed E-state index contributed by atoms with van der Waals surface area (Å²) in [5, 5.41) is 5.86. The third-order valence-electron chi connectivity index (χ3n) is 8.48. The minimum absolute atomic E-state index is 0.158. The second-order valence-corrected chi connectivity index (χ2v) is 13.7. The van der Waals surface area contributed by atoms with E-state index in [0.29, 0.717) is 30.3 Å². The van der Waals surface area contributed by atoms with Crippen molar-refractivity contribution in [3.63, 3.8) is 0 Å². The van der Waals surface area contributed by atoms with E-state index in [4.69, 9.17) is 14.2 Å². The van der Waals surface area contributed by atoms with Gasteiger partial charge in [0.1, 0.15) is 17.4 Å². The fraction of sp³-hybridized carbons (Fsp3) is 0.452. The van der Waals surface area contributed by atoms with E-state index in [-0.39, 0.29) is 41.9 Å². The number of alkyl halides is 3. The van der Waals surface area contributed by atoms with Crippen LogP contribution in [0.4, 0.5) is 24.8 Å². The number of sulfonamides is 1. The first-order valence-corrected chi connectivity index (χ1v) is 16.6. The SMILES string of the molecule is COc1cc(C(=O)N[C@H]2CCN(C)C[C@@H]2OC)ccc1Nc1ncc(C(F)(F)F)c(O[C@@H]2Cc3ccccc3[C@H]2N(C)S(C)(=O)=O)n1. The van der Waals surface area contributed by atoms with Gasteiger partial charge >= 0.3 is 6.18 Å². The minimum atomic E-state index is -4.86. The summed E-state index contributed by atoms with van der Waals surface area (Å²) in [6.45, 7) is 1.48. The summed E-state index contributed by atoms with van der Waals surface area (Å²) in [5.74, 6) is -1.11. The highest BCUT2D eigenvalue weighted by Gasteiger charge is 2.43. The number of hydrogen-bond acceptors (Lipinski definition) is 10. The number of nitrogens with zero attached hydrogens (tertiary/aromatic N) is 4. The Labute approximate surface area is 271 Å². The molecule has 2 N–H and O–H groups in total. The molecular weight excluding hydrogens is 641 g/mol. The predicted octanol–water partition coefficient (Wildman–Crippen LogP) is 3.63. The van der Waals surface area contributed by atoms with Gasteiger partial charge in [-0.2, -0.15) is 22.5 Å². The monoisotopic (exact) mass is 678 g/mol. The van der Waals surface area contributed by atoms with Gasteiger partial charge in [-0.3, -0.25) is 4.79 Å². The molecule has 0 radical (unpaired) electrons. The lowest BCUT2D eigenvalue weighted by atomic mass is 10.0. The lowest BCUT2D eigenvalue weighted by Gasteiger charge is -2.36. The Balaban J connectivity index is 1.40. The fourth-order valence-electron chi connectivity index (χ4n) is 5.92. The summed E-state index contributed by atoms with van der Waals surface area (Å²) in [6, 6.07) is 10.5. The fourth-order valence-corrected chi connectivity index (χ4v) is 6.58. The third kappa shape index (κ3) is 7.61. The highest BCUT2D eigenvalue weighted by atomic mass is 32.2. The molecule has 0 saturated carbocycles. The zero-order chi connectivity index (χ0) is 34.1. The zero-order valence-corrected chi connectivity index (χ0v) is 27.4. The molecule has 1 saturated heterocycles. The number of hydrogen-bond donors (Lipinski definition) is 2. The van der Waals surface area contributed by atoms with Crippen LogP contribution in [0.3, 0.4) is 0 Å². The quantitative estimate of drug-likeness (QED) is 0.327. The number of fused-ring (bicyclic) bond motifs is 1. The van der Waals surface area contributed by atoms with E-state index < -0.39 is 39.8 Å². The molecule has 1 amide bonds. The zero-order valence-electron chi connectivity index (χ0n) is 26.5. The molecule has 4 atom stereocenters. The second-order valence-electron chi connectivity index (χ2n) is 11.6. The third-order valence-corrected chi connectivity index (χ3v) is 9.75. The molecule has 0 unspecified atom stereocenters. The van der Waals surface area contributed by atoms with Crippen molar-refractivity contribution in [1.29, 1.82) is 0 Å². The molecular formula is C31H37F3N6O6S. The van der Waals surface area contributed by atoms with E-state index in [0.717, 1.165) is 22.7 Å². The molecule has 2 aromatic carbocycles. The first-order chi connectivity index (χ1) is 22.2. The first-order valence-electron chi connectivity index (χ1n) is 14.8. The van der Waals surface area contributed by atoms with Crippen LogP contribution in [-0.4, -0.2) is 99.4 Å². The first kappa shape index (κ1) is 34.3. The number of carbonyl (C=O) groups excluding carboxylic acids is 1. The van der Waals surface area contributed by atoms with Gasteiger partial charge in [0.25, 0.3) is 5.91 Å². The van der Waals surface area contributed by atoms with Gasteiger partial charge in [-0.05, 0) is 49.3 Å². The van der Waals surface area contributed by atoms with Gasteiger partial charge in [0, 0.05) is 38.9 Å². The number of benzene rings is 2.